The molecule has 0 aliphatic carbocycles. The van der Waals surface area contributed by atoms with E-state index in [1.807, 2.05) is 42.5 Å². The fourth-order valence-corrected chi connectivity index (χ4v) is 4.09. The largest absolute Gasteiger partial charge is 0.399 e. The number of piperidine rings is 1. The molecule has 0 saturated carbocycles. The first-order valence-corrected chi connectivity index (χ1v) is 10.1. The van der Waals surface area contributed by atoms with E-state index >= 15 is 0 Å². The minimum Gasteiger partial charge on any atom is -0.399 e. The summed E-state index contributed by atoms with van der Waals surface area (Å²) in [6.45, 7) is 5.21. The number of amides is 3. The van der Waals surface area contributed by atoms with Crippen molar-refractivity contribution in [3.8, 4) is 0 Å². The van der Waals surface area contributed by atoms with Gasteiger partial charge in [-0.25, -0.2) is 0 Å². The number of nitrogens with one attached hydrogen (secondary N) is 2. The number of benzene rings is 2. The quantitative estimate of drug-likeness (QED) is 0.521. The van der Waals surface area contributed by atoms with Gasteiger partial charge in [-0.1, -0.05) is 24.3 Å². The van der Waals surface area contributed by atoms with Crippen molar-refractivity contribution in [2.45, 2.75) is 51.4 Å². The Morgan fingerprint density at radius 3 is 2.70 bits per heavy atom. The van der Waals surface area contributed by atoms with Crippen molar-refractivity contribution in [2.24, 2.45) is 0 Å². The average Bonchev–Trinajstić information content (AvgIpc) is 3.02. The predicted octanol–water partition coefficient (Wildman–Crippen LogP) is 2.05. The monoisotopic (exact) mass is 406 g/mol. The molecule has 1 atom stereocenters. The van der Waals surface area contributed by atoms with Gasteiger partial charge in [0.15, 0.2) is 0 Å². The Morgan fingerprint density at radius 2 is 1.97 bits per heavy atom. The van der Waals surface area contributed by atoms with Crippen LogP contribution in [0.3, 0.4) is 0 Å². The predicted molar refractivity (Wildman–Crippen MR) is 113 cm³/mol. The number of imide groups is 1. The van der Waals surface area contributed by atoms with Crippen LogP contribution in [-0.2, 0) is 28.2 Å². The number of rotatable bonds is 5. The number of nitrogens with zero attached hydrogens (tertiary/aromatic N) is 1. The van der Waals surface area contributed by atoms with E-state index in [0.29, 0.717) is 25.1 Å². The Bertz CT molecular complexity index is 1030. The van der Waals surface area contributed by atoms with Gasteiger partial charge >= 0.3 is 0 Å². The van der Waals surface area contributed by atoms with Gasteiger partial charge in [-0.05, 0) is 55.2 Å². The Labute approximate surface area is 175 Å². The molecule has 7 nitrogen and oxygen atoms in total. The van der Waals surface area contributed by atoms with E-state index in [0.717, 1.165) is 22.4 Å². The van der Waals surface area contributed by atoms with Gasteiger partial charge in [-0.3, -0.25) is 19.7 Å². The van der Waals surface area contributed by atoms with Crippen molar-refractivity contribution < 1.29 is 14.4 Å². The number of hydrogen-bond donors (Lipinski definition) is 3. The topological polar surface area (TPSA) is 105 Å². The molecule has 0 spiro atoms. The van der Waals surface area contributed by atoms with Gasteiger partial charge in [-0.15, -0.1) is 0 Å². The van der Waals surface area contributed by atoms with Crippen molar-refractivity contribution in [1.82, 2.24) is 15.5 Å². The zero-order valence-corrected chi connectivity index (χ0v) is 17.2. The highest BCUT2D eigenvalue weighted by Gasteiger charge is 2.39. The Hall–Kier alpha value is -3.19. The van der Waals surface area contributed by atoms with E-state index in [-0.39, 0.29) is 23.8 Å². The van der Waals surface area contributed by atoms with Gasteiger partial charge in [0.25, 0.3) is 5.91 Å². The summed E-state index contributed by atoms with van der Waals surface area (Å²) in [6, 6.07) is 13.0. The fraction of sp³-hybridized carbons (Fsp3) is 0.348. The van der Waals surface area contributed by atoms with E-state index < -0.39 is 11.9 Å². The van der Waals surface area contributed by atoms with Crippen LogP contribution in [0.2, 0.25) is 0 Å². The van der Waals surface area contributed by atoms with Crippen molar-refractivity contribution in [2.75, 3.05) is 5.73 Å². The van der Waals surface area contributed by atoms with Gasteiger partial charge in [0.1, 0.15) is 6.04 Å². The van der Waals surface area contributed by atoms with Crippen molar-refractivity contribution in [3.05, 3.63) is 64.7 Å². The number of carbonyl (C=O) groups excluding carboxylic acids is 3. The molecule has 4 N–H and O–H groups in total. The van der Waals surface area contributed by atoms with E-state index in [1.165, 1.54) is 0 Å². The summed E-state index contributed by atoms with van der Waals surface area (Å²) in [4.78, 5) is 38.0. The second-order valence-corrected chi connectivity index (χ2v) is 8.50. The zero-order valence-electron chi connectivity index (χ0n) is 17.2. The molecule has 0 bridgehead atoms. The Balaban J connectivity index is 1.46. The van der Waals surface area contributed by atoms with E-state index in [4.69, 9.17) is 5.73 Å². The minimum absolute atomic E-state index is 0.154. The normalized spacial score (nSPS) is 19.1. The number of carbonyl (C=O) groups is 3. The molecule has 3 amide bonds. The van der Waals surface area contributed by atoms with Crippen LogP contribution < -0.4 is 16.4 Å². The highest BCUT2D eigenvalue weighted by molar-refractivity contribution is 6.05. The molecular weight excluding hydrogens is 380 g/mol. The number of fused-ring (bicyclic) bond motifs is 1. The first-order valence-electron chi connectivity index (χ1n) is 10.1. The maximum absolute atomic E-state index is 12.8. The molecule has 1 saturated heterocycles. The van der Waals surface area contributed by atoms with Crippen LogP contribution >= 0.6 is 0 Å². The summed E-state index contributed by atoms with van der Waals surface area (Å²) in [7, 11) is 0. The summed E-state index contributed by atoms with van der Waals surface area (Å²) in [6.07, 6.45) is 0.623. The van der Waals surface area contributed by atoms with E-state index in [2.05, 4.69) is 24.5 Å². The minimum atomic E-state index is -0.591. The third-order valence-electron chi connectivity index (χ3n) is 5.93. The smallest absolute Gasteiger partial charge is 0.255 e. The molecule has 30 heavy (non-hydrogen) atoms. The van der Waals surface area contributed by atoms with Crippen LogP contribution in [0.15, 0.2) is 42.5 Å². The van der Waals surface area contributed by atoms with Gasteiger partial charge in [0, 0.05) is 36.3 Å². The molecule has 4 rings (SSSR count). The molecule has 0 radical (unpaired) electrons. The highest BCUT2D eigenvalue weighted by atomic mass is 16.2. The standard InChI is InChI=1S/C23H26N4O3/c1-23(2,16-4-3-5-17(24)11-16)25-12-14-6-7-18-15(10-14)13-27(22(18)30)19-8-9-20(28)26-21(19)29/h3-7,10-11,19,25H,8-9,12-13,24H2,1-2H3,(H,26,28,29). The molecule has 2 heterocycles. The summed E-state index contributed by atoms with van der Waals surface area (Å²) < 4.78 is 0. The molecule has 2 aliphatic heterocycles. The molecule has 1 unspecified atom stereocenters. The maximum Gasteiger partial charge on any atom is 0.255 e. The third-order valence-corrected chi connectivity index (χ3v) is 5.93. The van der Waals surface area contributed by atoms with Gasteiger partial charge < -0.3 is 16.0 Å². The number of anilines is 1. The van der Waals surface area contributed by atoms with Crippen LogP contribution in [0.4, 0.5) is 5.69 Å². The Morgan fingerprint density at radius 1 is 1.17 bits per heavy atom. The number of nitrogen functional groups attached to an aromatic ring is 1. The molecular formula is C23H26N4O3. The van der Waals surface area contributed by atoms with Crippen LogP contribution in [0.5, 0.6) is 0 Å². The molecule has 0 aromatic heterocycles. The van der Waals surface area contributed by atoms with Crippen molar-refractivity contribution >= 4 is 23.4 Å². The second kappa shape index (κ2) is 7.57. The molecule has 2 aromatic carbocycles. The summed E-state index contributed by atoms with van der Waals surface area (Å²) in [5.74, 6) is -0.825. The molecule has 1 fully saturated rings. The molecule has 7 heteroatoms. The maximum atomic E-state index is 12.8. The number of hydrogen-bond acceptors (Lipinski definition) is 5. The van der Waals surface area contributed by atoms with Crippen LogP contribution in [0, 0.1) is 0 Å². The van der Waals surface area contributed by atoms with Gasteiger partial charge in [0.05, 0.1) is 0 Å². The first kappa shape index (κ1) is 20.1. The van der Waals surface area contributed by atoms with Crippen LogP contribution in [0.1, 0.15) is 53.7 Å². The lowest BCUT2D eigenvalue weighted by atomic mass is 9.93. The average molecular weight is 406 g/mol. The molecule has 156 valence electrons. The summed E-state index contributed by atoms with van der Waals surface area (Å²) in [5, 5.41) is 5.88. The van der Waals surface area contributed by atoms with Crippen LogP contribution in [-0.4, -0.2) is 28.7 Å². The lowest BCUT2D eigenvalue weighted by Crippen LogP contribution is -2.52. The summed E-state index contributed by atoms with van der Waals surface area (Å²) >= 11 is 0. The second-order valence-electron chi connectivity index (χ2n) is 8.50. The lowest BCUT2D eigenvalue weighted by molar-refractivity contribution is -0.136. The lowest BCUT2D eigenvalue weighted by Gasteiger charge is -2.29. The van der Waals surface area contributed by atoms with Gasteiger partial charge in [0.2, 0.25) is 11.8 Å². The van der Waals surface area contributed by atoms with E-state index in [9.17, 15) is 14.4 Å². The number of nitrogens with two attached hydrogens (primary N) is 1. The summed E-state index contributed by atoms with van der Waals surface area (Å²) in [5.41, 5.74) is 10.1. The van der Waals surface area contributed by atoms with Crippen molar-refractivity contribution in [1.29, 1.82) is 0 Å². The Kier molecular flexibility index (Phi) is 5.07. The first-order chi connectivity index (χ1) is 14.2. The van der Waals surface area contributed by atoms with Crippen molar-refractivity contribution in [3.63, 3.8) is 0 Å². The molecule has 2 aromatic rings. The van der Waals surface area contributed by atoms with Gasteiger partial charge in [-0.2, -0.15) is 0 Å². The highest BCUT2D eigenvalue weighted by Crippen LogP contribution is 2.29. The van der Waals surface area contributed by atoms with E-state index in [1.54, 1.807) is 4.90 Å². The van der Waals surface area contributed by atoms with Crippen LogP contribution in [0.25, 0.3) is 0 Å². The molecule has 2 aliphatic rings. The SMILES string of the molecule is CC(C)(NCc1ccc2c(c1)CN(C1CCC(=O)NC1=O)C2=O)c1cccc(N)c1. The fourth-order valence-electron chi connectivity index (χ4n) is 4.09. The third kappa shape index (κ3) is 3.80. The zero-order chi connectivity index (χ0) is 21.5.